The van der Waals surface area contributed by atoms with Crippen LogP contribution < -0.4 is 4.74 Å². The number of benzene rings is 2. The molecule has 1 aliphatic heterocycles. The Bertz CT molecular complexity index is 1040. The summed E-state index contributed by atoms with van der Waals surface area (Å²) in [5.74, 6) is 0.572. The number of carbonyl (C=O) groups excluding carboxylic acids is 2. The lowest BCUT2D eigenvalue weighted by atomic mass is 10.1. The van der Waals surface area contributed by atoms with Crippen molar-refractivity contribution in [3.8, 4) is 16.9 Å². The zero-order chi connectivity index (χ0) is 22.3. The predicted octanol–water partition coefficient (Wildman–Crippen LogP) is 3.50. The maximum absolute atomic E-state index is 12.7. The van der Waals surface area contributed by atoms with Crippen molar-refractivity contribution in [3.05, 3.63) is 72.6 Å². The Kier molecular flexibility index (Phi) is 6.69. The summed E-state index contributed by atoms with van der Waals surface area (Å²) < 4.78 is 12.4. The minimum absolute atomic E-state index is 0.153. The Hall–Kier alpha value is -3.81. The molecule has 0 unspecified atom stereocenters. The predicted molar refractivity (Wildman–Crippen MR) is 119 cm³/mol. The van der Waals surface area contributed by atoms with E-state index in [2.05, 4.69) is 17.2 Å². The molecule has 1 fully saturated rings. The molecule has 1 aromatic heterocycles. The molecule has 1 aliphatic rings. The molecule has 8 nitrogen and oxygen atoms in total. The standard InChI is InChI=1S/C24H26N4O4/c1-2-31-24(30)27-16-14-26(15-17-27)23(29)22-12-13-28(25-22)18-32-21-10-8-20(9-11-21)19-6-4-3-5-7-19/h3-13H,2,14-18H2,1H3. The Morgan fingerprint density at radius 3 is 2.22 bits per heavy atom. The van der Waals surface area contributed by atoms with Crippen LogP contribution in [0.25, 0.3) is 11.1 Å². The van der Waals surface area contributed by atoms with Gasteiger partial charge in [-0.15, -0.1) is 0 Å². The number of piperazine rings is 1. The van der Waals surface area contributed by atoms with E-state index in [1.165, 1.54) is 0 Å². The summed E-state index contributed by atoms with van der Waals surface area (Å²) in [4.78, 5) is 27.8. The van der Waals surface area contributed by atoms with E-state index in [1.807, 2.05) is 42.5 Å². The van der Waals surface area contributed by atoms with E-state index in [-0.39, 0.29) is 18.7 Å². The number of aromatic nitrogens is 2. The van der Waals surface area contributed by atoms with Gasteiger partial charge in [0.05, 0.1) is 6.61 Å². The molecule has 2 aromatic carbocycles. The van der Waals surface area contributed by atoms with E-state index in [1.54, 1.807) is 33.7 Å². The van der Waals surface area contributed by atoms with Crippen LogP contribution in [0.3, 0.4) is 0 Å². The van der Waals surface area contributed by atoms with Crippen LogP contribution in [0.4, 0.5) is 4.79 Å². The molecular weight excluding hydrogens is 408 g/mol. The summed E-state index contributed by atoms with van der Waals surface area (Å²) in [6.07, 6.45) is 1.39. The highest BCUT2D eigenvalue weighted by molar-refractivity contribution is 5.92. The lowest BCUT2D eigenvalue weighted by Gasteiger charge is -2.33. The Balaban J connectivity index is 1.29. The third kappa shape index (κ3) is 5.08. The molecule has 2 amide bonds. The van der Waals surface area contributed by atoms with Crippen molar-refractivity contribution in [1.82, 2.24) is 19.6 Å². The van der Waals surface area contributed by atoms with Crippen LogP contribution in [-0.2, 0) is 11.5 Å². The van der Waals surface area contributed by atoms with Crippen LogP contribution in [0.5, 0.6) is 5.75 Å². The number of hydrogen-bond acceptors (Lipinski definition) is 5. The van der Waals surface area contributed by atoms with Gasteiger partial charge >= 0.3 is 6.09 Å². The van der Waals surface area contributed by atoms with Crippen LogP contribution in [0.1, 0.15) is 17.4 Å². The van der Waals surface area contributed by atoms with Gasteiger partial charge in [0.15, 0.2) is 12.4 Å². The Labute approximate surface area is 187 Å². The molecule has 0 spiro atoms. The van der Waals surface area contributed by atoms with Crippen LogP contribution >= 0.6 is 0 Å². The number of ether oxygens (including phenoxy) is 2. The van der Waals surface area contributed by atoms with E-state index in [4.69, 9.17) is 9.47 Å². The summed E-state index contributed by atoms with van der Waals surface area (Å²) >= 11 is 0. The zero-order valence-corrected chi connectivity index (χ0v) is 18.0. The molecule has 4 rings (SSSR count). The molecule has 32 heavy (non-hydrogen) atoms. The summed E-state index contributed by atoms with van der Waals surface area (Å²) in [5.41, 5.74) is 2.63. The SMILES string of the molecule is CCOC(=O)N1CCN(C(=O)c2ccn(COc3ccc(-c4ccccc4)cc3)n2)CC1. The molecule has 0 radical (unpaired) electrons. The third-order valence-corrected chi connectivity index (χ3v) is 5.28. The van der Waals surface area contributed by atoms with E-state index in [0.29, 0.717) is 38.5 Å². The highest BCUT2D eigenvalue weighted by Gasteiger charge is 2.26. The highest BCUT2D eigenvalue weighted by atomic mass is 16.6. The van der Waals surface area contributed by atoms with Crippen molar-refractivity contribution in [2.45, 2.75) is 13.7 Å². The van der Waals surface area contributed by atoms with Gasteiger partial charge < -0.3 is 19.3 Å². The van der Waals surface area contributed by atoms with Crippen LogP contribution in [0.2, 0.25) is 0 Å². The monoisotopic (exact) mass is 434 g/mol. The van der Waals surface area contributed by atoms with Crippen molar-refractivity contribution >= 4 is 12.0 Å². The first kappa shape index (κ1) is 21.4. The zero-order valence-electron chi connectivity index (χ0n) is 18.0. The maximum atomic E-state index is 12.7. The van der Waals surface area contributed by atoms with Crippen LogP contribution in [-0.4, -0.2) is 64.4 Å². The van der Waals surface area contributed by atoms with Crippen molar-refractivity contribution < 1.29 is 19.1 Å². The summed E-state index contributed by atoms with van der Waals surface area (Å²) in [6, 6.07) is 19.7. The average molecular weight is 434 g/mol. The fraction of sp³-hybridized carbons (Fsp3) is 0.292. The number of amides is 2. The van der Waals surface area contributed by atoms with Gasteiger partial charge in [-0.3, -0.25) is 4.79 Å². The molecule has 0 bridgehead atoms. The van der Waals surface area contributed by atoms with Gasteiger partial charge in [-0.1, -0.05) is 42.5 Å². The molecule has 166 valence electrons. The number of hydrogen-bond donors (Lipinski definition) is 0. The van der Waals surface area contributed by atoms with Gasteiger partial charge in [0.2, 0.25) is 0 Å². The summed E-state index contributed by atoms with van der Waals surface area (Å²) in [5, 5.41) is 4.34. The molecule has 0 saturated carbocycles. The van der Waals surface area contributed by atoms with E-state index in [0.717, 1.165) is 16.9 Å². The minimum atomic E-state index is -0.335. The van der Waals surface area contributed by atoms with Crippen LogP contribution in [0.15, 0.2) is 66.9 Å². The lowest BCUT2D eigenvalue weighted by Crippen LogP contribution is -2.50. The molecule has 8 heteroatoms. The first-order valence-electron chi connectivity index (χ1n) is 10.7. The Morgan fingerprint density at radius 2 is 1.53 bits per heavy atom. The second kappa shape index (κ2) is 10.00. The highest BCUT2D eigenvalue weighted by Crippen LogP contribution is 2.22. The second-order valence-electron chi connectivity index (χ2n) is 7.38. The quantitative estimate of drug-likeness (QED) is 0.594. The van der Waals surface area contributed by atoms with Gasteiger partial charge in [0.25, 0.3) is 5.91 Å². The third-order valence-electron chi connectivity index (χ3n) is 5.28. The van der Waals surface area contributed by atoms with Crippen LogP contribution in [0, 0.1) is 0 Å². The van der Waals surface area contributed by atoms with Gasteiger partial charge in [0.1, 0.15) is 5.75 Å². The molecule has 2 heterocycles. The number of carbonyl (C=O) groups is 2. The topological polar surface area (TPSA) is 76.9 Å². The van der Waals surface area contributed by atoms with Gasteiger partial charge in [-0.25, -0.2) is 9.48 Å². The molecule has 3 aromatic rings. The molecule has 0 N–H and O–H groups in total. The van der Waals surface area contributed by atoms with Gasteiger partial charge in [-0.05, 0) is 36.2 Å². The normalized spacial score (nSPS) is 13.7. The summed E-state index contributed by atoms with van der Waals surface area (Å²) in [7, 11) is 0. The van der Waals surface area contributed by atoms with E-state index in [9.17, 15) is 9.59 Å². The fourth-order valence-electron chi connectivity index (χ4n) is 3.53. The molecular formula is C24H26N4O4. The minimum Gasteiger partial charge on any atom is -0.471 e. The Morgan fingerprint density at radius 1 is 0.875 bits per heavy atom. The van der Waals surface area contributed by atoms with Crippen molar-refractivity contribution in [2.24, 2.45) is 0 Å². The first-order valence-corrected chi connectivity index (χ1v) is 10.7. The van der Waals surface area contributed by atoms with E-state index < -0.39 is 0 Å². The van der Waals surface area contributed by atoms with Crippen molar-refractivity contribution in [1.29, 1.82) is 0 Å². The number of nitrogens with zero attached hydrogens (tertiary/aromatic N) is 4. The maximum Gasteiger partial charge on any atom is 0.409 e. The van der Waals surface area contributed by atoms with Gasteiger partial charge in [0, 0.05) is 32.4 Å². The largest absolute Gasteiger partial charge is 0.471 e. The second-order valence-corrected chi connectivity index (χ2v) is 7.38. The summed E-state index contributed by atoms with van der Waals surface area (Å²) in [6.45, 7) is 4.13. The lowest BCUT2D eigenvalue weighted by molar-refractivity contribution is 0.0564. The first-order chi connectivity index (χ1) is 15.6. The van der Waals surface area contributed by atoms with Gasteiger partial charge in [-0.2, -0.15) is 5.10 Å². The van der Waals surface area contributed by atoms with Crippen molar-refractivity contribution in [2.75, 3.05) is 32.8 Å². The molecule has 0 aliphatic carbocycles. The molecule has 1 saturated heterocycles. The van der Waals surface area contributed by atoms with Crippen molar-refractivity contribution in [3.63, 3.8) is 0 Å². The number of rotatable bonds is 6. The average Bonchev–Trinajstić information content (AvgIpc) is 3.32. The van der Waals surface area contributed by atoms with E-state index >= 15 is 0 Å². The molecule has 0 atom stereocenters. The smallest absolute Gasteiger partial charge is 0.409 e. The fourth-order valence-corrected chi connectivity index (χ4v) is 3.53.